The molecule has 1 atom stereocenters. The summed E-state index contributed by atoms with van der Waals surface area (Å²) >= 11 is 0. The largest absolute Gasteiger partial charge is 0.496 e. The van der Waals surface area contributed by atoms with Gasteiger partial charge in [0.2, 0.25) is 0 Å². The zero-order valence-corrected chi connectivity index (χ0v) is 11.8. The van der Waals surface area contributed by atoms with Crippen LogP contribution in [0, 0.1) is 0 Å². The summed E-state index contributed by atoms with van der Waals surface area (Å²) in [4.78, 5) is 0. The number of likely N-dealkylation sites (N-methyl/N-ethyl adjacent to an activating group) is 1. The molecule has 0 radical (unpaired) electrons. The van der Waals surface area contributed by atoms with Gasteiger partial charge in [0.1, 0.15) is 5.75 Å². The van der Waals surface area contributed by atoms with Crippen LogP contribution in [0.3, 0.4) is 0 Å². The molecule has 1 aromatic carbocycles. The molecule has 1 heterocycles. The first-order valence-electron chi connectivity index (χ1n) is 6.50. The lowest BCUT2D eigenvalue weighted by Gasteiger charge is -2.16. The van der Waals surface area contributed by atoms with Crippen molar-refractivity contribution in [2.24, 2.45) is 7.05 Å². The van der Waals surface area contributed by atoms with E-state index in [1.165, 1.54) is 5.56 Å². The molecule has 1 unspecified atom stereocenters. The zero-order valence-electron chi connectivity index (χ0n) is 11.8. The molecule has 102 valence electrons. The standard InChI is InChI=1S/C15H21N3O/c1-16-14(11-13-8-9-18(2)17-13)10-12-6-4-5-7-15(12)19-3/h4-9,14,16H,10-11H2,1-3H3. The second kappa shape index (κ2) is 6.38. The summed E-state index contributed by atoms with van der Waals surface area (Å²) in [5.41, 5.74) is 2.33. The van der Waals surface area contributed by atoms with Crippen molar-refractivity contribution in [3.05, 3.63) is 47.8 Å². The van der Waals surface area contributed by atoms with Crippen molar-refractivity contribution in [2.75, 3.05) is 14.2 Å². The summed E-state index contributed by atoms with van der Waals surface area (Å²) in [5.74, 6) is 0.948. The highest BCUT2D eigenvalue weighted by atomic mass is 16.5. The Balaban J connectivity index is 2.06. The Bertz CT molecular complexity index is 522. The van der Waals surface area contributed by atoms with Crippen LogP contribution in [-0.2, 0) is 19.9 Å². The molecule has 19 heavy (non-hydrogen) atoms. The molecule has 0 spiro atoms. The number of benzene rings is 1. The minimum Gasteiger partial charge on any atom is -0.496 e. The van der Waals surface area contributed by atoms with Crippen molar-refractivity contribution >= 4 is 0 Å². The van der Waals surface area contributed by atoms with E-state index in [1.54, 1.807) is 7.11 Å². The number of rotatable bonds is 6. The van der Waals surface area contributed by atoms with E-state index in [0.717, 1.165) is 24.3 Å². The Morgan fingerprint density at radius 1 is 1.26 bits per heavy atom. The van der Waals surface area contributed by atoms with Gasteiger partial charge in [0.25, 0.3) is 0 Å². The number of para-hydroxylation sites is 1. The number of aromatic nitrogens is 2. The van der Waals surface area contributed by atoms with Crippen molar-refractivity contribution in [3.63, 3.8) is 0 Å². The van der Waals surface area contributed by atoms with Gasteiger partial charge < -0.3 is 10.1 Å². The highest BCUT2D eigenvalue weighted by Crippen LogP contribution is 2.19. The maximum atomic E-state index is 5.40. The van der Waals surface area contributed by atoms with Gasteiger partial charge in [-0.2, -0.15) is 5.10 Å². The molecule has 0 saturated heterocycles. The van der Waals surface area contributed by atoms with Crippen LogP contribution in [0.5, 0.6) is 5.75 Å². The number of nitrogens with zero attached hydrogens (tertiary/aromatic N) is 2. The van der Waals surface area contributed by atoms with Gasteiger partial charge in [-0.1, -0.05) is 18.2 Å². The topological polar surface area (TPSA) is 39.1 Å². The van der Waals surface area contributed by atoms with E-state index in [1.807, 2.05) is 43.2 Å². The molecule has 0 amide bonds. The second-order valence-corrected chi connectivity index (χ2v) is 4.69. The quantitative estimate of drug-likeness (QED) is 0.860. The molecular formula is C15H21N3O. The average Bonchev–Trinajstić information content (AvgIpc) is 2.84. The van der Waals surface area contributed by atoms with E-state index < -0.39 is 0 Å². The molecule has 4 nitrogen and oxygen atoms in total. The Morgan fingerprint density at radius 2 is 2.05 bits per heavy atom. The van der Waals surface area contributed by atoms with E-state index in [2.05, 4.69) is 22.5 Å². The third kappa shape index (κ3) is 3.58. The lowest BCUT2D eigenvalue weighted by Crippen LogP contribution is -2.30. The summed E-state index contributed by atoms with van der Waals surface area (Å²) < 4.78 is 7.24. The van der Waals surface area contributed by atoms with Crippen LogP contribution in [-0.4, -0.2) is 30.0 Å². The molecule has 0 aliphatic rings. The average molecular weight is 259 g/mol. The van der Waals surface area contributed by atoms with Crippen LogP contribution < -0.4 is 10.1 Å². The van der Waals surface area contributed by atoms with Gasteiger partial charge in [-0.05, 0) is 31.2 Å². The maximum absolute atomic E-state index is 5.40. The first-order valence-corrected chi connectivity index (χ1v) is 6.50. The van der Waals surface area contributed by atoms with Gasteiger partial charge in [0.05, 0.1) is 12.8 Å². The van der Waals surface area contributed by atoms with Gasteiger partial charge in [-0.15, -0.1) is 0 Å². The Kier molecular flexibility index (Phi) is 4.58. The number of hydrogen-bond acceptors (Lipinski definition) is 3. The summed E-state index contributed by atoms with van der Waals surface area (Å²) in [6, 6.07) is 10.6. The zero-order chi connectivity index (χ0) is 13.7. The van der Waals surface area contributed by atoms with Crippen molar-refractivity contribution < 1.29 is 4.74 Å². The predicted molar refractivity (Wildman–Crippen MR) is 76.5 cm³/mol. The van der Waals surface area contributed by atoms with Gasteiger partial charge in [0.15, 0.2) is 0 Å². The summed E-state index contributed by atoms with van der Waals surface area (Å²) in [7, 11) is 5.65. The summed E-state index contributed by atoms with van der Waals surface area (Å²) in [6.07, 6.45) is 3.82. The van der Waals surface area contributed by atoms with Crippen LogP contribution in [0.25, 0.3) is 0 Å². The highest BCUT2D eigenvalue weighted by molar-refractivity contribution is 5.34. The Hall–Kier alpha value is -1.81. The van der Waals surface area contributed by atoms with Crippen molar-refractivity contribution in [1.82, 2.24) is 15.1 Å². The number of aryl methyl sites for hydroxylation is 1. The minimum absolute atomic E-state index is 0.353. The molecule has 2 rings (SSSR count). The van der Waals surface area contributed by atoms with Crippen molar-refractivity contribution in [3.8, 4) is 5.75 Å². The molecule has 0 aliphatic carbocycles. The first kappa shape index (κ1) is 13.6. The van der Waals surface area contributed by atoms with Gasteiger partial charge in [-0.25, -0.2) is 0 Å². The molecule has 1 aromatic heterocycles. The maximum Gasteiger partial charge on any atom is 0.122 e. The van der Waals surface area contributed by atoms with E-state index >= 15 is 0 Å². The van der Waals surface area contributed by atoms with Crippen LogP contribution >= 0.6 is 0 Å². The Morgan fingerprint density at radius 3 is 2.68 bits per heavy atom. The normalized spacial score (nSPS) is 12.4. The molecule has 0 aliphatic heterocycles. The molecular weight excluding hydrogens is 238 g/mol. The summed E-state index contributed by atoms with van der Waals surface area (Å²) in [5, 5.41) is 7.78. The number of nitrogens with one attached hydrogen (secondary N) is 1. The second-order valence-electron chi connectivity index (χ2n) is 4.69. The lowest BCUT2D eigenvalue weighted by atomic mass is 10.0. The highest BCUT2D eigenvalue weighted by Gasteiger charge is 2.12. The van der Waals surface area contributed by atoms with E-state index in [9.17, 15) is 0 Å². The SMILES string of the molecule is CNC(Cc1ccn(C)n1)Cc1ccccc1OC. The monoisotopic (exact) mass is 259 g/mol. The number of ether oxygens (including phenoxy) is 1. The Labute approximate surface area is 114 Å². The van der Waals surface area contributed by atoms with E-state index in [0.29, 0.717) is 6.04 Å². The third-order valence-corrected chi connectivity index (χ3v) is 3.29. The fraction of sp³-hybridized carbons (Fsp3) is 0.400. The fourth-order valence-corrected chi connectivity index (χ4v) is 2.24. The van der Waals surface area contributed by atoms with E-state index in [-0.39, 0.29) is 0 Å². The lowest BCUT2D eigenvalue weighted by molar-refractivity contribution is 0.405. The van der Waals surface area contributed by atoms with E-state index in [4.69, 9.17) is 4.74 Å². The number of methoxy groups -OCH3 is 1. The summed E-state index contributed by atoms with van der Waals surface area (Å²) in [6.45, 7) is 0. The minimum atomic E-state index is 0.353. The van der Waals surface area contributed by atoms with Crippen LogP contribution in [0.4, 0.5) is 0 Å². The van der Waals surface area contributed by atoms with Crippen molar-refractivity contribution in [2.45, 2.75) is 18.9 Å². The smallest absolute Gasteiger partial charge is 0.122 e. The van der Waals surface area contributed by atoms with Gasteiger partial charge >= 0.3 is 0 Å². The molecule has 4 heteroatoms. The molecule has 1 N–H and O–H groups in total. The number of hydrogen-bond donors (Lipinski definition) is 1. The third-order valence-electron chi connectivity index (χ3n) is 3.29. The van der Waals surface area contributed by atoms with Crippen LogP contribution in [0.1, 0.15) is 11.3 Å². The molecule has 0 bridgehead atoms. The van der Waals surface area contributed by atoms with Gasteiger partial charge in [0, 0.05) is 25.7 Å². The van der Waals surface area contributed by atoms with Crippen LogP contribution in [0.2, 0.25) is 0 Å². The van der Waals surface area contributed by atoms with Crippen LogP contribution in [0.15, 0.2) is 36.5 Å². The predicted octanol–water partition coefficient (Wildman–Crippen LogP) is 1.80. The first-order chi connectivity index (χ1) is 9.22. The molecule has 0 saturated carbocycles. The van der Waals surface area contributed by atoms with Gasteiger partial charge in [-0.3, -0.25) is 4.68 Å². The fourth-order valence-electron chi connectivity index (χ4n) is 2.24. The molecule has 2 aromatic rings. The molecule has 0 fully saturated rings. The van der Waals surface area contributed by atoms with Crippen molar-refractivity contribution in [1.29, 1.82) is 0 Å².